The average molecular weight is 530 g/mol. The quantitative estimate of drug-likeness (QED) is 0.365. The van der Waals surface area contributed by atoms with E-state index in [1.165, 1.54) is 19.4 Å². The number of nitrogens with zero attached hydrogens (tertiary/aromatic N) is 3. The third-order valence-corrected chi connectivity index (χ3v) is 6.66. The van der Waals surface area contributed by atoms with Crippen LogP contribution in [-0.4, -0.2) is 55.0 Å². The van der Waals surface area contributed by atoms with E-state index in [0.717, 1.165) is 16.7 Å². The van der Waals surface area contributed by atoms with Crippen molar-refractivity contribution >= 4 is 11.9 Å². The van der Waals surface area contributed by atoms with Gasteiger partial charge in [-0.15, -0.1) is 0 Å². The van der Waals surface area contributed by atoms with Crippen LogP contribution in [0.15, 0.2) is 70.1 Å². The molecule has 39 heavy (non-hydrogen) atoms. The lowest BCUT2D eigenvalue weighted by Crippen LogP contribution is -2.48. The van der Waals surface area contributed by atoms with E-state index in [0.29, 0.717) is 56.9 Å². The molecule has 2 aromatic carbocycles. The summed E-state index contributed by atoms with van der Waals surface area (Å²) < 4.78 is 16.0. The Morgan fingerprint density at radius 3 is 2.46 bits per heavy atom. The van der Waals surface area contributed by atoms with Gasteiger partial charge in [0, 0.05) is 45.1 Å². The first-order chi connectivity index (χ1) is 19.0. The fraction of sp³-hybridized carbons (Fsp3) is 0.333. The largest absolute Gasteiger partial charge is 0.482 e. The number of rotatable bonds is 10. The fourth-order valence-electron chi connectivity index (χ4n) is 4.42. The molecule has 9 heteroatoms. The van der Waals surface area contributed by atoms with Crippen molar-refractivity contribution in [3.63, 3.8) is 0 Å². The molecule has 9 nitrogen and oxygen atoms in total. The van der Waals surface area contributed by atoms with Gasteiger partial charge < -0.3 is 18.8 Å². The molecule has 4 rings (SSSR count). The van der Waals surface area contributed by atoms with Gasteiger partial charge in [-0.1, -0.05) is 42.5 Å². The fourth-order valence-corrected chi connectivity index (χ4v) is 4.42. The first-order valence-corrected chi connectivity index (χ1v) is 12.9. The standard InChI is InChI=1S/C30H31N3O6/c1-37-30(36)8-4-7-29(35)33-15-13-32(14-16-33)19-25-17-27(34)28(21-38-25)39-20-22-9-11-23(12-10-22)26-6-3-2-5-24(26)18-31/h2-3,5-6,9-12,17,21H,4,7-8,13-16,19-20H2,1H3. The lowest BCUT2D eigenvalue weighted by atomic mass is 9.99. The Morgan fingerprint density at radius 2 is 1.77 bits per heavy atom. The monoisotopic (exact) mass is 529 g/mol. The number of ether oxygens (including phenoxy) is 2. The number of piperazine rings is 1. The smallest absolute Gasteiger partial charge is 0.305 e. The van der Waals surface area contributed by atoms with E-state index in [1.54, 1.807) is 11.0 Å². The normalized spacial score (nSPS) is 13.5. The summed E-state index contributed by atoms with van der Waals surface area (Å²) >= 11 is 0. The molecule has 0 saturated carbocycles. The van der Waals surface area contributed by atoms with E-state index < -0.39 is 0 Å². The van der Waals surface area contributed by atoms with Crippen LogP contribution >= 0.6 is 0 Å². The Labute approximate surface area is 227 Å². The Bertz CT molecular complexity index is 1380. The van der Waals surface area contributed by atoms with Crippen LogP contribution in [0.4, 0.5) is 0 Å². The van der Waals surface area contributed by atoms with Gasteiger partial charge in [0.25, 0.3) is 0 Å². The Kier molecular flexibility index (Phi) is 9.48. The molecule has 0 unspecified atom stereocenters. The van der Waals surface area contributed by atoms with Gasteiger partial charge in [-0.05, 0) is 29.2 Å². The van der Waals surface area contributed by atoms with Crippen LogP contribution < -0.4 is 10.2 Å². The maximum absolute atomic E-state index is 12.6. The third-order valence-electron chi connectivity index (χ3n) is 6.66. The number of esters is 1. The van der Waals surface area contributed by atoms with Crippen molar-refractivity contribution in [2.45, 2.75) is 32.4 Å². The van der Waals surface area contributed by atoms with E-state index in [2.05, 4.69) is 15.7 Å². The number of carbonyl (C=O) groups is 2. The van der Waals surface area contributed by atoms with Gasteiger partial charge in [0.15, 0.2) is 0 Å². The zero-order valence-electron chi connectivity index (χ0n) is 21.9. The van der Waals surface area contributed by atoms with Gasteiger partial charge in [-0.2, -0.15) is 5.26 Å². The van der Waals surface area contributed by atoms with Gasteiger partial charge in [-0.3, -0.25) is 19.3 Å². The topological polar surface area (TPSA) is 113 Å². The number of hydrogen-bond donors (Lipinski definition) is 0. The van der Waals surface area contributed by atoms with E-state index in [1.807, 2.05) is 42.5 Å². The number of benzene rings is 2. The van der Waals surface area contributed by atoms with E-state index in [-0.39, 0.29) is 36.1 Å². The molecule has 1 aromatic heterocycles. The van der Waals surface area contributed by atoms with E-state index >= 15 is 0 Å². The molecule has 1 aliphatic rings. The van der Waals surface area contributed by atoms with Gasteiger partial charge in [-0.25, -0.2) is 0 Å². The molecule has 2 heterocycles. The summed E-state index contributed by atoms with van der Waals surface area (Å²) in [4.78, 5) is 40.1. The van der Waals surface area contributed by atoms with Crippen molar-refractivity contribution in [2.24, 2.45) is 0 Å². The molecule has 202 valence electrons. The van der Waals surface area contributed by atoms with E-state index in [4.69, 9.17) is 9.15 Å². The van der Waals surface area contributed by atoms with Crippen LogP contribution in [0.2, 0.25) is 0 Å². The summed E-state index contributed by atoms with van der Waals surface area (Å²) in [5, 5.41) is 9.32. The Morgan fingerprint density at radius 1 is 1.03 bits per heavy atom. The molecule has 0 bridgehead atoms. The van der Waals surface area contributed by atoms with Gasteiger partial charge in [0.1, 0.15) is 18.6 Å². The zero-order chi connectivity index (χ0) is 27.6. The molecule has 0 radical (unpaired) electrons. The summed E-state index contributed by atoms with van der Waals surface area (Å²) in [5.41, 5.74) is 3.04. The molecule has 1 aliphatic heterocycles. The second-order valence-electron chi connectivity index (χ2n) is 9.30. The predicted molar refractivity (Wildman–Crippen MR) is 144 cm³/mol. The highest BCUT2D eigenvalue weighted by Crippen LogP contribution is 2.24. The van der Waals surface area contributed by atoms with Crippen LogP contribution in [0.1, 0.15) is 36.1 Å². The van der Waals surface area contributed by atoms with Crippen molar-refractivity contribution in [3.8, 4) is 22.9 Å². The minimum atomic E-state index is -0.307. The molecular weight excluding hydrogens is 498 g/mol. The average Bonchev–Trinajstić information content (AvgIpc) is 2.97. The van der Waals surface area contributed by atoms with Crippen LogP contribution in [0.3, 0.4) is 0 Å². The molecule has 1 saturated heterocycles. The van der Waals surface area contributed by atoms with Crippen LogP contribution in [0.25, 0.3) is 11.1 Å². The molecule has 0 atom stereocenters. The summed E-state index contributed by atoms with van der Waals surface area (Å²) in [6.07, 6.45) is 2.39. The summed E-state index contributed by atoms with van der Waals surface area (Å²) in [7, 11) is 1.34. The Balaban J connectivity index is 1.24. The van der Waals surface area contributed by atoms with Crippen molar-refractivity contribution in [2.75, 3.05) is 33.3 Å². The minimum Gasteiger partial charge on any atom is -0.482 e. The molecule has 0 N–H and O–H groups in total. The highest BCUT2D eigenvalue weighted by Gasteiger charge is 2.22. The second-order valence-corrected chi connectivity index (χ2v) is 9.30. The van der Waals surface area contributed by atoms with Crippen molar-refractivity contribution in [3.05, 3.63) is 88.0 Å². The summed E-state index contributed by atoms with van der Waals surface area (Å²) in [6, 6.07) is 18.7. The molecule has 3 aromatic rings. The number of carbonyl (C=O) groups excluding carboxylic acids is 2. The summed E-state index contributed by atoms with van der Waals surface area (Å²) in [5.74, 6) is 0.401. The maximum atomic E-state index is 12.6. The number of methoxy groups -OCH3 is 1. The first kappa shape index (κ1) is 27.6. The van der Waals surface area contributed by atoms with E-state index in [9.17, 15) is 19.6 Å². The van der Waals surface area contributed by atoms with Crippen molar-refractivity contribution < 1.29 is 23.5 Å². The maximum Gasteiger partial charge on any atom is 0.305 e. The van der Waals surface area contributed by atoms with Gasteiger partial charge >= 0.3 is 5.97 Å². The summed E-state index contributed by atoms with van der Waals surface area (Å²) in [6.45, 7) is 3.18. The van der Waals surface area contributed by atoms with Crippen LogP contribution in [-0.2, 0) is 27.5 Å². The number of nitriles is 1. The highest BCUT2D eigenvalue weighted by atomic mass is 16.5. The SMILES string of the molecule is COC(=O)CCCC(=O)N1CCN(Cc2cc(=O)c(OCc3ccc(-c4ccccc4C#N)cc3)co2)CC1. The van der Waals surface area contributed by atoms with Gasteiger partial charge in [0.05, 0.1) is 25.3 Å². The van der Waals surface area contributed by atoms with Crippen molar-refractivity contribution in [1.29, 1.82) is 5.26 Å². The molecule has 0 aliphatic carbocycles. The highest BCUT2D eigenvalue weighted by molar-refractivity contribution is 5.77. The molecule has 0 spiro atoms. The lowest BCUT2D eigenvalue weighted by Gasteiger charge is -2.34. The van der Waals surface area contributed by atoms with Gasteiger partial charge in [0.2, 0.25) is 17.1 Å². The molecule has 1 amide bonds. The first-order valence-electron chi connectivity index (χ1n) is 12.9. The number of amides is 1. The lowest BCUT2D eigenvalue weighted by molar-refractivity contribution is -0.141. The van der Waals surface area contributed by atoms with Crippen LogP contribution in [0, 0.1) is 11.3 Å². The van der Waals surface area contributed by atoms with Crippen LogP contribution in [0.5, 0.6) is 5.75 Å². The molecule has 1 fully saturated rings. The second kappa shape index (κ2) is 13.4. The molecular formula is C30H31N3O6. The van der Waals surface area contributed by atoms with Crippen molar-refractivity contribution in [1.82, 2.24) is 9.80 Å². The number of hydrogen-bond acceptors (Lipinski definition) is 8. The Hall–Kier alpha value is -4.42. The minimum absolute atomic E-state index is 0.0354. The predicted octanol–water partition coefficient (Wildman–Crippen LogP) is 3.74. The third kappa shape index (κ3) is 7.55. The zero-order valence-corrected chi connectivity index (χ0v) is 21.9.